The van der Waals surface area contributed by atoms with Crippen LogP contribution in [0.15, 0.2) is 41.5 Å². The van der Waals surface area contributed by atoms with E-state index >= 15 is 0 Å². The zero-order valence-electron chi connectivity index (χ0n) is 21.7. The fourth-order valence-corrected chi connectivity index (χ4v) is 5.54. The van der Waals surface area contributed by atoms with E-state index in [1.165, 1.54) is 6.20 Å². The number of rotatable bonds is 6. The molecule has 0 bridgehead atoms. The highest BCUT2D eigenvalue weighted by Crippen LogP contribution is 2.34. The molecule has 1 saturated heterocycles. The Morgan fingerprint density at radius 2 is 1.95 bits per heavy atom. The van der Waals surface area contributed by atoms with Gasteiger partial charge >= 0.3 is 0 Å². The number of pyridine rings is 1. The summed E-state index contributed by atoms with van der Waals surface area (Å²) in [6.07, 6.45) is 5.02. The number of nitrogens with zero attached hydrogens (tertiary/aromatic N) is 8. The highest BCUT2D eigenvalue weighted by molar-refractivity contribution is 5.88. The van der Waals surface area contributed by atoms with Crippen molar-refractivity contribution in [3.63, 3.8) is 0 Å². The van der Waals surface area contributed by atoms with E-state index in [1.54, 1.807) is 28.6 Å². The van der Waals surface area contributed by atoms with E-state index in [2.05, 4.69) is 63.8 Å². The number of hydrogen-bond donors (Lipinski definition) is 1. The summed E-state index contributed by atoms with van der Waals surface area (Å²) < 4.78 is 3.20. The topological polar surface area (TPSA) is 116 Å². The SMILES string of the molecule is CC[C@H]1CN(C(C)c2ccc3nc(O)cnc3c2)[C@H](CC)CN1c1cc(=O)n(C)c2cn(CC#N)nc12. The lowest BCUT2D eigenvalue weighted by molar-refractivity contribution is 0.101. The van der Waals surface area contributed by atoms with Crippen LogP contribution in [-0.4, -0.2) is 59.5 Å². The average molecular weight is 501 g/mol. The van der Waals surface area contributed by atoms with Gasteiger partial charge in [-0.05, 0) is 37.5 Å². The monoisotopic (exact) mass is 500 g/mol. The van der Waals surface area contributed by atoms with E-state index in [-0.39, 0.29) is 36.1 Å². The number of piperazine rings is 1. The van der Waals surface area contributed by atoms with Crippen LogP contribution in [0.2, 0.25) is 0 Å². The van der Waals surface area contributed by atoms with Crippen LogP contribution in [0.4, 0.5) is 5.69 Å². The second kappa shape index (κ2) is 9.82. The van der Waals surface area contributed by atoms with Crippen molar-refractivity contribution in [2.45, 2.75) is 58.3 Å². The molecule has 192 valence electrons. The molecule has 1 unspecified atom stereocenters. The molecule has 1 N–H and O–H groups in total. The summed E-state index contributed by atoms with van der Waals surface area (Å²) in [5, 5.41) is 23.5. The Balaban J connectivity index is 1.50. The molecule has 37 heavy (non-hydrogen) atoms. The van der Waals surface area contributed by atoms with Crippen LogP contribution in [0, 0.1) is 11.3 Å². The highest BCUT2D eigenvalue weighted by Gasteiger charge is 2.36. The second-order valence-corrected chi connectivity index (χ2v) is 9.77. The van der Waals surface area contributed by atoms with Crippen molar-refractivity contribution in [3.8, 4) is 11.9 Å². The standard InChI is InChI=1S/C27H32N8O2/c1-5-19-15-35(23-12-26(37)32(4)24-16-33(10-9-28)31-27(23)24)20(6-2)14-34(19)17(3)18-7-8-21-22(11-18)29-13-25(36)30-21/h7-8,11-13,16-17,19-20H,5-6,10,14-15H2,1-4H3,(H,30,36)/t17?,19-,20+/m1/s1. The van der Waals surface area contributed by atoms with Gasteiger partial charge in [-0.1, -0.05) is 19.9 Å². The van der Waals surface area contributed by atoms with E-state index in [0.717, 1.165) is 53.7 Å². The Morgan fingerprint density at radius 3 is 2.68 bits per heavy atom. The van der Waals surface area contributed by atoms with Crippen molar-refractivity contribution < 1.29 is 5.11 Å². The van der Waals surface area contributed by atoms with Crippen molar-refractivity contribution in [1.29, 1.82) is 5.26 Å². The van der Waals surface area contributed by atoms with E-state index in [0.29, 0.717) is 5.52 Å². The van der Waals surface area contributed by atoms with Gasteiger partial charge in [0.1, 0.15) is 12.1 Å². The summed E-state index contributed by atoms with van der Waals surface area (Å²) in [6, 6.07) is 10.5. The molecule has 4 aromatic rings. The predicted octanol–water partition coefficient (Wildman–Crippen LogP) is 3.35. The fraction of sp³-hybridized carbons (Fsp3) is 0.444. The Kier molecular flexibility index (Phi) is 6.56. The summed E-state index contributed by atoms with van der Waals surface area (Å²) >= 11 is 0. The van der Waals surface area contributed by atoms with Gasteiger partial charge in [-0.25, -0.2) is 9.97 Å². The number of hydrogen-bond acceptors (Lipinski definition) is 8. The zero-order chi connectivity index (χ0) is 26.3. The molecule has 1 aliphatic rings. The first-order valence-corrected chi connectivity index (χ1v) is 12.8. The summed E-state index contributed by atoms with van der Waals surface area (Å²) in [5.41, 5.74) is 4.83. The maximum atomic E-state index is 12.9. The van der Waals surface area contributed by atoms with E-state index in [4.69, 9.17) is 5.26 Å². The van der Waals surface area contributed by atoms with Crippen LogP contribution in [-0.2, 0) is 13.6 Å². The fourth-order valence-electron chi connectivity index (χ4n) is 5.54. The smallest absolute Gasteiger partial charge is 0.252 e. The van der Waals surface area contributed by atoms with Crippen LogP contribution in [0.3, 0.4) is 0 Å². The van der Waals surface area contributed by atoms with Crippen LogP contribution >= 0.6 is 0 Å². The maximum Gasteiger partial charge on any atom is 0.252 e. The maximum absolute atomic E-state index is 12.9. The number of aromatic hydroxyl groups is 1. The molecular weight excluding hydrogens is 468 g/mol. The van der Waals surface area contributed by atoms with Gasteiger partial charge in [0, 0.05) is 44.3 Å². The van der Waals surface area contributed by atoms with Gasteiger partial charge in [-0.2, -0.15) is 10.4 Å². The van der Waals surface area contributed by atoms with Gasteiger partial charge in [0.15, 0.2) is 0 Å². The lowest BCUT2D eigenvalue weighted by Crippen LogP contribution is -2.58. The van der Waals surface area contributed by atoms with E-state index < -0.39 is 0 Å². The molecule has 10 heteroatoms. The summed E-state index contributed by atoms with van der Waals surface area (Å²) in [7, 11) is 1.74. The molecule has 4 heterocycles. The van der Waals surface area contributed by atoms with E-state index in [9.17, 15) is 9.90 Å². The summed E-state index contributed by atoms with van der Waals surface area (Å²) in [5.74, 6) is -0.0800. The Hall–Kier alpha value is -3.97. The first-order chi connectivity index (χ1) is 17.8. The van der Waals surface area contributed by atoms with Gasteiger partial charge < -0.3 is 14.6 Å². The zero-order valence-corrected chi connectivity index (χ0v) is 21.7. The predicted molar refractivity (Wildman–Crippen MR) is 142 cm³/mol. The first-order valence-electron chi connectivity index (χ1n) is 12.8. The van der Waals surface area contributed by atoms with Gasteiger partial charge in [0.05, 0.1) is 40.7 Å². The molecular formula is C27H32N8O2. The minimum absolute atomic E-state index is 0.0800. The molecule has 1 aromatic carbocycles. The molecule has 0 spiro atoms. The number of fused-ring (bicyclic) bond motifs is 2. The normalized spacial score (nSPS) is 19.4. The summed E-state index contributed by atoms with van der Waals surface area (Å²) in [4.78, 5) is 26.3. The average Bonchev–Trinajstić information content (AvgIpc) is 3.33. The van der Waals surface area contributed by atoms with Crippen molar-refractivity contribution in [1.82, 2.24) is 29.2 Å². The summed E-state index contributed by atoms with van der Waals surface area (Å²) in [6.45, 7) is 8.35. The van der Waals surface area contributed by atoms with Crippen LogP contribution < -0.4 is 10.5 Å². The Morgan fingerprint density at radius 1 is 1.16 bits per heavy atom. The molecule has 5 rings (SSSR count). The van der Waals surface area contributed by atoms with Crippen LogP contribution in [0.1, 0.15) is 45.2 Å². The lowest BCUT2D eigenvalue weighted by atomic mass is 9.96. The third kappa shape index (κ3) is 4.40. The number of benzene rings is 1. The van der Waals surface area contributed by atoms with Gasteiger partial charge in [0.2, 0.25) is 5.88 Å². The third-order valence-electron chi connectivity index (χ3n) is 7.69. The quantitative estimate of drug-likeness (QED) is 0.429. The minimum atomic E-state index is -0.0824. The molecule has 0 aliphatic carbocycles. The molecule has 1 aliphatic heterocycles. The van der Waals surface area contributed by atoms with Crippen molar-refractivity contribution in [3.05, 3.63) is 52.6 Å². The minimum Gasteiger partial charge on any atom is -0.492 e. The van der Waals surface area contributed by atoms with Gasteiger partial charge in [-0.15, -0.1) is 0 Å². The van der Waals surface area contributed by atoms with Gasteiger partial charge in [0.25, 0.3) is 5.56 Å². The highest BCUT2D eigenvalue weighted by atomic mass is 16.3. The van der Waals surface area contributed by atoms with Gasteiger partial charge in [-0.3, -0.25) is 14.4 Å². The molecule has 0 radical (unpaired) electrons. The second-order valence-electron chi connectivity index (χ2n) is 9.77. The van der Waals surface area contributed by atoms with E-state index in [1.807, 2.05) is 6.07 Å². The number of anilines is 1. The van der Waals surface area contributed by atoms with Crippen molar-refractivity contribution in [2.75, 3.05) is 18.0 Å². The van der Waals surface area contributed by atoms with Crippen LogP contribution in [0.5, 0.6) is 5.88 Å². The molecule has 10 nitrogen and oxygen atoms in total. The number of aryl methyl sites for hydroxylation is 1. The molecule has 1 fully saturated rings. The Bertz CT molecular complexity index is 1550. The van der Waals surface area contributed by atoms with Crippen LogP contribution in [0.25, 0.3) is 22.1 Å². The molecule has 0 saturated carbocycles. The largest absolute Gasteiger partial charge is 0.492 e. The van der Waals surface area contributed by atoms with Crippen molar-refractivity contribution in [2.24, 2.45) is 7.05 Å². The molecule has 3 aromatic heterocycles. The number of nitriles is 1. The molecule has 3 atom stereocenters. The number of aromatic nitrogens is 5. The van der Waals surface area contributed by atoms with Crippen molar-refractivity contribution >= 4 is 27.8 Å². The Labute approximate surface area is 215 Å². The molecule has 0 amide bonds. The third-order valence-corrected chi connectivity index (χ3v) is 7.69. The first kappa shape index (κ1) is 24.7. The lowest BCUT2D eigenvalue weighted by Gasteiger charge is -2.49.